The van der Waals surface area contributed by atoms with Crippen molar-refractivity contribution in [2.24, 2.45) is 0 Å². The molecule has 0 spiro atoms. The van der Waals surface area contributed by atoms with Crippen LogP contribution in [0.3, 0.4) is 0 Å². The van der Waals surface area contributed by atoms with Gasteiger partial charge < -0.3 is 0 Å². The summed E-state index contributed by atoms with van der Waals surface area (Å²) in [5, 5.41) is 7.74. The van der Waals surface area contributed by atoms with Crippen LogP contribution in [0, 0.1) is 0 Å². The number of hydrogen-bond acceptors (Lipinski definition) is 1. The lowest BCUT2D eigenvalue weighted by Crippen LogP contribution is -2.75. The molecule has 88 heavy (non-hydrogen) atoms. The number of alkyl halides is 24. The topological polar surface area (TPSA) is 20.9 Å². The Morgan fingerprint density at radius 1 is 0.318 bits per heavy atom. The second kappa shape index (κ2) is 22.1. The van der Waals surface area contributed by atoms with Crippen molar-refractivity contribution in [2.75, 3.05) is 0 Å². The molecule has 0 saturated heterocycles. The Kier molecular flexibility index (Phi) is 16.0. The summed E-state index contributed by atoms with van der Waals surface area (Å²) in [6.45, 7) is 0.336. The van der Waals surface area contributed by atoms with Crippen molar-refractivity contribution in [3.8, 4) is 11.1 Å². The van der Waals surface area contributed by atoms with Gasteiger partial charge in [-0.2, -0.15) is 132 Å². The molecule has 0 radical (unpaired) electrons. The summed E-state index contributed by atoms with van der Waals surface area (Å²) >= 11 is 0. The monoisotopic (exact) mass is 1260 g/mol. The normalized spacial score (nSPS) is 13.3. The first-order chi connectivity index (χ1) is 40.5. The third-order valence-electron chi connectivity index (χ3n) is 14.6. The van der Waals surface area contributed by atoms with Gasteiger partial charge in [-0.1, -0.05) is 133 Å². The maximum absolute atomic E-state index is 14.2. The number of carbonyl (C=O) groups excluding carboxylic acids is 1. The van der Waals surface area contributed by atoms with Crippen molar-refractivity contribution >= 4 is 66.1 Å². The van der Waals surface area contributed by atoms with E-state index in [0.717, 1.165) is 11.1 Å². The molecule has 0 N–H and O–H groups in total. The van der Waals surface area contributed by atoms with Crippen molar-refractivity contribution < 1.29 is 115 Å². The first-order valence-electron chi connectivity index (χ1n) is 25.1. The number of carbonyl (C=O) groups is 1. The number of pyridine rings is 1. The Balaban J connectivity index is 0.000000246. The number of rotatable bonds is 8. The molecule has 1 aromatic heterocycles. The van der Waals surface area contributed by atoms with E-state index in [1.54, 1.807) is 0 Å². The molecule has 2 nitrogen and oxygen atoms in total. The van der Waals surface area contributed by atoms with Gasteiger partial charge in [0.1, 0.15) is 6.15 Å². The van der Waals surface area contributed by atoms with E-state index < -0.39 is 195 Å². The minimum absolute atomic E-state index is 0.112. The van der Waals surface area contributed by atoms with E-state index in [1.165, 1.54) is 37.9 Å². The molecule has 0 aliphatic carbocycles. The number of nitrogens with zero attached hydrogens (tertiary/aromatic N) is 1. The third-order valence-corrected chi connectivity index (χ3v) is 14.6. The van der Waals surface area contributed by atoms with E-state index >= 15 is 0 Å². The Morgan fingerprint density at radius 3 is 0.932 bits per heavy atom. The lowest BCUT2D eigenvalue weighted by atomic mass is 9.12. The van der Waals surface area contributed by atoms with Crippen LogP contribution < -0.4 is 26.4 Å². The fourth-order valence-corrected chi connectivity index (χ4v) is 10.7. The van der Waals surface area contributed by atoms with Crippen LogP contribution in [0.5, 0.6) is 0 Å². The lowest BCUT2D eigenvalue weighted by Gasteiger charge is -2.46. The highest BCUT2D eigenvalue weighted by Gasteiger charge is 2.47. The highest BCUT2D eigenvalue weighted by molar-refractivity contribution is 7.20. The molecule has 0 bridgehead atoms. The van der Waals surface area contributed by atoms with Gasteiger partial charge in [0.15, 0.2) is 12.4 Å². The molecule has 0 aliphatic rings. The highest BCUT2D eigenvalue weighted by atomic mass is 19.4. The molecule has 0 fully saturated rings. The van der Waals surface area contributed by atoms with Gasteiger partial charge in [-0.3, -0.25) is 4.79 Å². The largest absolute Gasteiger partial charge is 0.416 e. The predicted molar refractivity (Wildman–Crippen MR) is 277 cm³/mol. The maximum Gasteiger partial charge on any atom is 0.416 e. The zero-order valence-electron chi connectivity index (χ0n) is 43.5. The minimum Gasteiger partial charge on any atom is -0.287 e. The van der Waals surface area contributed by atoms with E-state index in [1.807, 2.05) is 47.3 Å². The average molecular weight is 1260 g/mol. The van der Waals surface area contributed by atoms with E-state index in [0.29, 0.717) is 6.54 Å². The maximum atomic E-state index is 14.2. The molecule has 458 valence electrons. The third kappa shape index (κ3) is 12.9. The number of benzene rings is 9. The summed E-state index contributed by atoms with van der Waals surface area (Å²) in [7, 11) is 0. The van der Waals surface area contributed by atoms with Crippen LogP contribution in [0.4, 0.5) is 105 Å². The van der Waals surface area contributed by atoms with Crippen LogP contribution in [0.15, 0.2) is 182 Å². The first-order valence-corrected chi connectivity index (χ1v) is 25.1. The summed E-state index contributed by atoms with van der Waals surface area (Å²) in [5.41, 5.74) is -27.1. The van der Waals surface area contributed by atoms with E-state index in [4.69, 9.17) is 0 Å². The SMILES string of the molecule is FC(F)(F)c1cc([B-](c2cc(C(F)(F)F)cc(C(F)(F)F)c2)(c2cc(C(F)(F)F)cc(C(F)(F)F)c2)c2cc(C(F)(F)F)cc(C(F)(F)F)c2)cc(C(F)(F)F)c1.O=C(C[n+]1ccc(-c2ccc3ccc4cccc5ccc2c3c45)cc1)c1ccccc1. The van der Waals surface area contributed by atoms with Crippen molar-refractivity contribution in [3.63, 3.8) is 0 Å². The predicted octanol–water partition coefficient (Wildman–Crippen LogP) is 17.6. The van der Waals surface area contributed by atoms with Crippen molar-refractivity contribution in [1.29, 1.82) is 0 Å². The van der Waals surface area contributed by atoms with E-state index in [2.05, 4.69) is 66.7 Å². The number of hydrogen-bond donors (Lipinski definition) is 0. The van der Waals surface area contributed by atoms with Gasteiger partial charge in [-0.05, 0) is 67.7 Å². The Morgan fingerprint density at radius 2 is 0.614 bits per heavy atom. The van der Waals surface area contributed by atoms with Crippen LogP contribution in [-0.2, 0) is 56.0 Å². The molecule has 9 aromatic carbocycles. The Hall–Kier alpha value is -8.78. The van der Waals surface area contributed by atoms with Crippen LogP contribution >= 0.6 is 0 Å². The summed E-state index contributed by atoms with van der Waals surface area (Å²) < 4.78 is 343. The van der Waals surface area contributed by atoms with Gasteiger partial charge in [0, 0.05) is 17.7 Å². The second-order valence-electron chi connectivity index (χ2n) is 20.2. The minimum atomic E-state index is -6.13. The van der Waals surface area contributed by atoms with Gasteiger partial charge in [-0.15, -0.1) is 0 Å². The number of Topliss-reactive ketones (excluding diaryl/α,β-unsaturated/α-hetero) is 1. The van der Waals surface area contributed by atoms with Gasteiger partial charge in [0.05, 0.1) is 44.5 Å². The Bertz CT molecular complexity index is 3790. The molecule has 10 aromatic rings. The quantitative estimate of drug-likeness (QED) is 0.0488. The van der Waals surface area contributed by atoms with Gasteiger partial charge in [0.25, 0.3) is 0 Å². The highest BCUT2D eigenvalue weighted by Crippen LogP contribution is 2.43. The van der Waals surface area contributed by atoms with Gasteiger partial charge in [-0.25, -0.2) is 0 Å². The van der Waals surface area contributed by atoms with Crippen molar-refractivity contribution in [1.82, 2.24) is 0 Å². The molecule has 0 amide bonds. The fraction of sp³-hybridized carbons (Fsp3) is 0.148. The molecular weight excluding hydrogens is 1230 g/mol. The van der Waals surface area contributed by atoms with Gasteiger partial charge >= 0.3 is 49.4 Å². The first kappa shape index (κ1) is 63.7. The second-order valence-corrected chi connectivity index (χ2v) is 20.2. The zero-order chi connectivity index (χ0) is 64.7. The summed E-state index contributed by atoms with van der Waals surface area (Å²) in [6.07, 6.45) is -50.8. The Labute approximate surface area is 479 Å². The smallest absolute Gasteiger partial charge is 0.287 e. The number of ketones is 1. The summed E-state index contributed by atoms with van der Waals surface area (Å²) in [6, 6.07) is 24.6. The number of aromatic nitrogens is 1. The van der Waals surface area contributed by atoms with Crippen LogP contribution in [-0.4, -0.2) is 11.9 Å². The van der Waals surface area contributed by atoms with Crippen LogP contribution in [0.2, 0.25) is 0 Å². The molecule has 0 unspecified atom stereocenters. The van der Waals surface area contributed by atoms with Gasteiger partial charge in [0.2, 0.25) is 12.3 Å². The molecule has 0 aliphatic heterocycles. The van der Waals surface area contributed by atoms with Crippen molar-refractivity contribution in [2.45, 2.75) is 56.0 Å². The van der Waals surface area contributed by atoms with Crippen molar-refractivity contribution in [3.05, 3.63) is 232 Å². The summed E-state index contributed by atoms with van der Waals surface area (Å²) in [5.74, 6) is 0.112. The summed E-state index contributed by atoms with van der Waals surface area (Å²) in [4.78, 5) is 12.5. The molecule has 0 saturated carbocycles. The molecule has 0 atom stereocenters. The van der Waals surface area contributed by atoms with E-state index in [9.17, 15) is 110 Å². The van der Waals surface area contributed by atoms with Crippen LogP contribution in [0.1, 0.15) is 54.9 Å². The number of halogens is 24. The average Bonchev–Trinajstić information content (AvgIpc) is 0.721. The standard InChI is InChI=1S/C32H12BF24.C29H20NO/c34-25(35,36)13-1-14(26(37,38)39)6-21(5-13)33(22-7-15(27(40,41)42)2-16(8-22)28(43,44)45,23-9-17(29(46,47)48)3-18(10-23)30(49,50)51)24-11-19(31(52,53)54)4-20(12-24)32(55,56)57;31-27(21-5-2-1-3-6-21)19-30-17-15-20(16-18-30)25-13-11-24-10-9-22-7-4-8-23-12-14-26(25)29(24)28(22)23/h1-12H;1-18H,19H2/q-1;+1. The van der Waals surface area contributed by atoms with E-state index in [-0.39, 0.29) is 5.78 Å². The fourth-order valence-electron chi connectivity index (χ4n) is 10.7. The molecule has 27 heteroatoms. The van der Waals surface area contributed by atoms with Crippen LogP contribution in [0.25, 0.3) is 43.4 Å². The zero-order valence-corrected chi connectivity index (χ0v) is 43.5. The molecule has 1 heterocycles. The molecular formula is C61H32BF24NO. The lowest BCUT2D eigenvalue weighted by molar-refractivity contribution is -0.683. The molecule has 10 rings (SSSR count).